The highest BCUT2D eigenvalue weighted by Crippen LogP contribution is 2.10. The maximum Gasteiger partial charge on any atom is 0.158 e. The van der Waals surface area contributed by atoms with Gasteiger partial charge in [0, 0.05) is 12.8 Å². The van der Waals surface area contributed by atoms with Gasteiger partial charge in [0.05, 0.1) is 6.26 Å². The van der Waals surface area contributed by atoms with E-state index in [1.165, 1.54) is 6.42 Å². The zero-order valence-corrected chi connectivity index (χ0v) is 9.65. The average molecular weight is 224 g/mol. The summed E-state index contributed by atoms with van der Waals surface area (Å²) in [5.41, 5.74) is 0. The SMILES string of the molecule is O=C(CO)CCCCCCCc1ccco1. The molecule has 0 fully saturated rings. The summed E-state index contributed by atoms with van der Waals surface area (Å²) in [6.07, 6.45) is 8.67. The standard InChI is InChI=1S/C13H20O3/c14-11-12(15)7-4-2-1-3-5-8-13-9-6-10-16-13/h6,9-10,14H,1-5,7-8,11H2. The maximum absolute atomic E-state index is 10.8. The van der Waals surface area contributed by atoms with Crippen LogP contribution in [0, 0.1) is 0 Å². The molecule has 0 aliphatic rings. The molecule has 0 spiro atoms. The first-order chi connectivity index (χ1) is 7.83. The summed E-state index contributed by atoms with van der Waals surface area (Å²) in [7, 11) is 0. The summed E-state index contributed by atoms with van der Waals surface area (Å²) >= 11 is 0. The summed E-state index contributed by atoms with van der Waals surface area (Å²) in [5, 5.41) is 8.52. The number of unbranched alkanes of at least 4 members (excludes halogenated alkanes) is 4. The van der Waals surface area contributed by atoms with E-state index in [4.69, 9.17) is 9.52 Å². The van der Waals surface area contributed by atoms with E-state index in [0.29, 0.717) is 6.42 Å². The van der Waals surface area contributed by atoms with Crippen LogP contribution in [-0.2, 0) is 11.2 Å². The minimum Gasteiger partial charge on any atom is -0.469 e. The zero-order valence-electron chi connectivity index (χ0n) is 9.65. The monoisotopic (exact) mass is 224 g/mol. The number of hydrogen-bond acceptors (Lipinski definition) is 3. The van der Waals surface area contributed by atoms with Crippen molar-refractivity contribution in [2.75, 3.05) is 6.61 Å². The normalized spacial score (nSPS) is 10.6. The number of aliphatic hydroxyl groups excluding tert-OH is 1. The molecular formula is C13H20O3. The molecule has 0 atom stereocenters. The fourth-order valence-corrected chi connectivity index (χ4v) is 1.69. The number of aliphatic hydroxyl groups is 1. The lowest BCUT2D eigenvalue weighted by molar-refractivity contribution is -0.121. The van der Waals surface area contributed by atoms with Crippen LogP contribution in [0.25, 0.3) is 0 Å². The van der Waals surface area contributed by atoms with Gasteiger partial charge in [-0.25, -0.2) is 0 Å². The molecule has 3 nitrogen and oxygen atoms in total. The first-order valence-corrected chi connectivity index (χ1v) is 5.98. The van der Waals surface area contributed by atoms with E-state index in [2.05, 4.69) is 0 Å². The molecule has 90 valence electrons. The first-order valence-electron chi connectivity index (χ1n) is 5.98. The molecule has 0 radical (unpaired) electrons. The van der Waals surface area contributed by atoms with Gasteiger partial charge in [0.2, 0.25) is 0 Å². The van der Waals surface area contributed by atoms with E-state index < -0.39 is 0 Å². The Kier molecular flexibility index (Phi) is 6.58. The third-order valence-corrected chi connectivity index (χ3v) is 2.64. The lowest BCUT2D eigenvalue weighted by Gasteiger charge is -2.00. The Labute approximate surface area is 96.5 Å². The van der Waals surface area contributed by atoms with Crippen molar-refractivity contribution >= 4 is 5.78 Å². The van der Waals surface area contributed by atoms with Crippen LogP contribution < -0.4 is 0 Å². The van der Waals surface area contributed by atoms with Gasteiger partial charge in [0.25, 0.3) is 0 Å². The molecule has 0 aliphatic carbocycles. The number of rotatable bonds is 9. The summed E-state index contributed by atoms with van der Waals surface area (Å²) in [6, 6.07) is 3.91. The molecule has 1 rings (SSSR count). The Morgan fingerprint density at radius 1 is 1.19 bits per heavy atom. The first kappa shape index (κ1) is 13.0. The van der Waals surface area contributed by atoms with E-state index in [0.717, 1.165) is 37.9 Å². The van der Waals surface area contributed by atoms with Gasteiger partial charge in [-0.05, 0) is 25.0 Å². The molecule has 16 heavy (non-hydrogen) atoms. The highest BCUT2D eigenvalue weighted by Gasteiger charge is 1.99. The highest BCUT2D eigenvalue weighted by molar-refractivity contribution is 5.79. The second kappa shape index (κ2) is 8.11. The Morgan fingerprint density at radius 3 is 2.62 bits per heavy atom. The van der Waals surface area contributed by atoms with E-state index in [-0.39, 0.29) is 12.4 Å². The third-order valence-electron chi connectivity index (χ3n) is 2.64. The largest absolute Gasteiger partial charge is 0.469 e. The van der Waals surface area contributed by atoms with Gasteiger partial charge in [-0.15, -0.1) is 0 Å². The van der Waals surface area contributed by atoms with Crippen molar-refractivity contribution in [3.63, 3.8) is 0 Å². The fraction of sp³-hybridized carbons (Fsp3) is 0.615. The molecule has 0 bridgehead atoms. The highest BCUT2D eigenvalue weighted by atomic mass is 16.3. The van der Waals surface area contributed by atoms with Crippen molar-refractivity contribution in [2.24, 2.45) is 0 Å². The van der Waals surface area contributed by atoms with Crippen molar-refractivity contribution < 1.29 is 14.3 Å². The minimum atomic E-state index is -0.307. The van der Waals surface area contributed by atoms with Crippen LogP contribution in [0.4, 0.5) is 0 Å². The van der Waals surface area contributed by atoms with Crippen molar-refractivity contribution in [3.8, 4) is 0 Å². The molecule has 1 aromatic rings. The fourth-order valence-electron chi connectivity index (χ4n) is 1.69. The number of Topliss-reactive ketones (excluding diaryl/α,β-unsaturated/α-hetero) is 1. The van der Waals surface area contributed by atoms with E-state index in [1.807, 2.05) is 12.1 Å². The number of aryl methyl sites for hydroxylation is 1. The average Bonchev–Trinajstić information content (AvgIpc) is 2.80. The Hall–Kier alpha value is -1.09. The number of hydrogen-bond donors (Lipinski definition) is 1. The molecule has 0 saturated carbocycles. The number of ketones is 1. The summed E-state index contributed by atoms with van der Waals surface area (Å²) in [5.74, 6) is 1.01. The van der Waals surface area contributed by atoms with Crippen LogP contribution >= 0.6 is 0 Å². The Morgan fingerprint density at radius 2 is 1.94 bits per heavy atom. The quantitative estimate of drug-likeness (QED) is 0.656. The van der Waals surface area contributed by atoms with Crippen molar-refractivity contribution in [3.05, 3.63) is 24.2 Å². The van der Waals surface area contributed by atoms with E-state index in [1.54, 1.807) is 6.26 Å². The Bertz CT molecular complexity index is 277. The number of furan rings is 1. The third kappa shape index (κ3) is 5.71. The minimum absolute atomic E-state index is 0.0458. The van der Waals surface area contributed by atoms with Crippen molar-refractivity contribution in [1.29, 1.82) is 0 Å². The lowest BCUT2D eigenvalue weighted by Crippen LogP contribution is -2.02. The molecule has 0 amide bonds. The van der Waals surface area contributed by atoms with E-state index >= 15 is 0 Å². The molecule has 1 N–H and O–H groups in total. The van der Waals surface area contributed by atoms with Crippen LogP contribution in [0.5, 0.6) is 0 Å². The predicted octanol–water partition coefficient (Wildman–Crippen LogP) is 2.72. The second-order valence-corrected chi connectivity index (χ2v) is 4.04. The van der Waals surface area contributed by atoms with Gasteiger partial charge in [-0.1, -0.05) is 19.3 Å². The maximum atomic E-state index is 10.8. The van der Waals surface area contributed by atoms with Gasteiger partial charge < -0.3 is 9.52 Å². The van der Waals surface area contributed by atoms with Crippen molar-refractivity contribution in [2.45, 2.75) is 44.9 Å². The summed E-state index contributed by atoms with van der Waals surface area (Å²) in [4.78, 5) is 10.8. The summed E-state index contributed by atoms with van der Waals surface area (Å²) < 4.78 is 5.23. The van der Waals surface area contributed by atoms with E-state index in [9.17, 15) is 4.79 Å². The number of carbonyl (C=O) groups is 1. The molecule has 1 heterocycles. The van der Waals surface area contributed by atoms with Crippen molar-refractivity contribution in [1.82, 2.24) is 0 Å². The summed E-state index contributed by atoms with van der Waals surface area (Å²) in [6.45, 7) is -0.307. The smallest absolute Gasteiger partial charge is 0.158 e. The topological polar surface area (TPSA) is 50.4 Å². The van der Waals surface area contributed by atoms with Gasteiger partial charge in [0.1, 0.15) is 12.4 Å². The molecule has 3 heteroatoms. The van der Waals surface area contributed by atoms with Crippen LogP contribution in [-0.4, -0.2) is 17.5 Å². The van der Waals surface area contributed by atoms with Crippen LogP contribution in [0.2, 0.25) is 0 Å². The van der Waals surface area contributed by atoms with Crippen LogP contribution in [0.1, 0.15) is 44.3 Å². The van der Waals surface area contributed by atoms with Gasteiger partial charge in [-0.2, -0.15) is 0 Å². The predicted molar refractivity (Wildman–Crippen MR) is 62.2 cm³/mol. The van der Waals surface area contributed by atoms with Gasteiger partial charge in [-0.3, -0.25) is 4.79 Å². The molecule has 0 saturated heterocycles. The van der Waals surface area contributed by atoms with Crippen LogP contribution in [0.3, 0.4) is 0 Å². The van der Waals surface area contributed by atoms with Crippen LogP contribution in [0.15, 0.2) is 22.8 Å². The second-order valence-electron chi connectivity index (χ2n) is 4.04. The number of carbonyl (C=O) groups excluding carboxylic acids is 1. The lowest BCUT2D eigenvalue weighted by atomic mass is 10.1. The molecule has 0 aromatic carbocycles. The Balaban J connectivity index is 1.87. The molecule has 0 aliphatic heterocycles. The molecule has 1 aromatic heterocycles. The molecule has 0 unspecified atom stereocenters. The molecular weight excluding hydrogens is 204 g/mol. The van der Waals surface area contributed by atoms with Gasteiger partial charge in [0.15, 0.2) is 5.78 Å². The zero-order chi connectivity index (χ0) is 11.6. The van der Waals surface area contributed by atoms with Gasteiger partial charge >= 0.3 is 0 Å².